The van der Waals surface area contributed by atoms with Crippen LogP contribution in [0.25, 0.3) is 90.9 Å². The maximum absolute atomic E-state index is 13.2. The molecule has 1 saturated heterocycles. The highest BCUT2D eigenvalue weighted by molar-refractivity contribution is 6.00. The van der Waals surface area contributed by atoms with Gasteiger partial charge in [-0.2, -0.15) is 0 Å². The lowest BCUT2D eigenvalue weighted by atomic mass is 9.99. The summed E-state index contributed by atoms with van der Waals surface area (Å²) in [5.41, 5.74) is 14.1. The molecular weight excluding hydrogens is 781 g/mol. The molecule has 6 N–H and O–H groups in total. The maximum atomic E-state index is 13.2. The Morgan fingerprint density at radius 3 is 1.35 bits per heavy atom. The third kappa shape index (κ3) is 7.23. The normalized spacial score (nSPS) is 19.4. The monoisotopic (exact) mass is 820 g/mol. The minimum absolute atomic E-state index is 0.220. The Hall–Kier alpha value is -7.25. The summed E-state index contributed by atoms with van der Waals surface area (Å²) in [4.78, 5) is 31.4. The van der Waals surface area contributed by atoms with Crippen molar-refractivity contribution < 1.29 is 34.7 Å². The maximum Gasteiger partial charge on any atom is 0.338 e. The van der Waals surface area contributed by atoms with Crippen LogP contribution in [0.3, 0.4) is 0 Å². The summed E-state index contributed by atoms with van der Waals surface area (Å²) >= 11 is 0. The van der Waals surface area contributed by atoms with E-state index in [-0.39, 0.29) is 5.56 Å². The van der Waals surface area contributed by atoms with Crippen LogP contribution in [0.4, 0.5) is 0 Å². The third-order valence-corrected chi connectivity index (χ3v) is 11.4. The zero-order chi connectivity index (χ0) is 42.3. The van der Waals surface area contributed by atoms with Crippen LogP contribution in [0.15, 0.2) is 140 Å². The highest BCUT2D eigenvalue weighted by atomic mass is 16.6. The largest absolute Gasteiger partial charge is 0.459 e. The van der Waals surface area contributed by atoms with E-state index in [4.69, 9.17) is 19.4 Å². The number of aliphatic hydroxyl groups excluding tert-OH is 4. The Bertz CT molecular complexity index is 2900. The highest BCUT2D eigenvalue weighted by Crippen LogP contribution is 2.38. The van der Waals surface area contributed by atoms with E-state index < -0.39 is 43.3 Å². The fourth-order valence-electron chi connectivity index (χ4n) is 8.32. The van der Waals surface area contributed by atoms with E-state index in [1.165, 1.54) is 0 Å². The molecule has 62 heavy (non-hydrogen) atoms. The molecule has 0 aliphatic carbocycles. The number of carbonyl (C=O) groups excluding carboxylic acids is 1. The van der Waals surface area contributed by atoms with Crippen LogP contribution in [0, 0.1) is 0 Å². The second-order valence-corrected chi connectivity index (χ2v) is 15.3. The van der Waals surface area contributed by atoms with E-state index in [0.717, 1.165) is 78.0 Å². The molecule has 0 saturated carbocycles. The minimum atomic E-state index is -1.74. The molecule has 11 heteroatoms. The summed E-state index contributed by atoms with van der Waals surface area (Å²) in [5, 5.41) is 40.2. The van der Waals surface area contributed by atoms with Gasteiger partial charge in [-0.1, -0.05) is 103 Å². The van der Waals surface area contributed by atoms with Crippen molar-refractivity contribution in [3.63, 3.8) is 0 Å². The van der Waals surface area contributed by atoms with Crippen LogP contribution in [0.2, 0.25) is 0 Å². The lowest BCUT2D eigenvalue weighted by Gasteiger charge is -2.37. The molecular formula is C51H40N4O7. The average Bonchev–Trinajstić information content (AvgIpc) is 4.16. The van der Waals surface area contributed by atoms with Crippen LogP contribution in [-0.4, -0.2) is 83.6 Å². The smallest absolute Gasteiger partial charge is 0.338 e. The van der Waals surface area contributed by atoms with Gasteiger partial charge in [-0.05, 0) is 83.0 Å². The lowest BCUT2D eigenvalue weighted by Crippen LogP contribution is -2.58. The van der Waals surface area contributed by atoms with Gasteiger partial charge in [0.05, 0.1) is 28.3 Å². The molecule has 5 atom stereocenters. The molecule has 0 spiro atoms. The van der Waals surface area contributed by atoms with E-state index in [9.17, 15) is 25.2 Å². The lowest BCUT2D eigenvalue weighted by molar-refractivity contribution is -0.286. The molecule has 0 amide bonds. The number of hydrogen-bond donors (Lipinski definition) is 6. The number of carbonyl (C=O) groups is 1. The van der Waals surface area contributed by atoms with Gasteiger partial charge in [0.1, 0.15) is 31.0 Å². The molecule has 8 bridgehead atoms. The Balaban J connectivity index is 1.17. The molecule has 10 rings (SSSR count). The number of nitrogens with zero attached hydrogens (tertiary/aromatic N) is 2. The van der Waals surface area contributed by atoms with E-state index in [0.29, 0.717) is 11.4 Å². The zero-order valence-electron chi connectivity index (χ0n) is 33.1. The van der Waals surface area contributed by atoms with Crippen molar-refractivity contribution in [1.82, 2.24) is 19.9 Å². The Morgan fingerprint density at radius 1 is 0.484 bits per heavy atom. The summed E-state index contributed by atoms with van der Waals surface area (Å²) in [7, 11) is 0. The van der Waals surface area contributed by atoms with Crippen molar-refractivity contribution >= 4 is 52.3 Å². The van der Waals surface area contributed by atoms with Gasteiger partial charge < -0.3 is 39.9 Å². The fourth-order valence-corrected chi connectivity index (χ4v) is 8.32. The predicted molar refractivity (Wildman–Crippen MR) is 240 cm³/mol. The molecule has 3 aliphatic rings. The first-order valence-corrected chi connectivity index (χ1v) is 20.3. The van der Waals surface area contributed by atoms with Gasteiger partial charge in [0, 0.05) is 44.3 Å². The van der Waals surface area contributed by atoms with Crippen LogP contribution in [0.1, 0.15) is 33.1 Å². The van der Waals surface area contributed by atoms with Gasteiger partial charge >= 0.3 is 5.97 Å². The average molecular weight is 821 g/mol. The Morgan fingerprint density at radius 2 is 0.887 bits per heavy atom. The van der Waals surface area contributed by atoms with Crippen molar-refractivity contribution in [2.75, 3.05) is 6.61 Å². The predicted octanol–water partition coefficient (Wildman–Crippen LogP) is 8.28. The fraction of sp³-hybridized carbons (Fsp3) is 0.118. The number of hydrogen-bond acceptors (Lipinski definition) is 9. The number of nitrogens with one attached hydrogen (secondary N) is 2. The quantitative estimate of drug-likeness (QED) is 0.0865. The second-order valence-electron chi connectivity index (χ2n) is 15.3. The molecule has 4 aromatic carbocycles. The second kappa shape index (κ2) is 16.3. The molecule has 3 aromatic heterocycles. The molecule has 0 radical (unpaired) electrons. The number of rotatable bonds is 7. The molecule has 1 fully saturated rings. The number of aliphatic hydroxyl groups is 4. The Kier molecular flexibility index (Phi) is 10.2. The van der Waals surface area contributed by atoms with E-state index in [1.54, 1.807) is 12.1 Å². The SMILES string of the molecule is O=C(OC[C@H]1O[C@H](O)[C@H](O)[C@@H](O)[C@@H]1O)c1ccc(-c2c3nc(c(-c4ccccc4)c4ccc([nH]4)c(-c4ccccc4)c4ccc([nH]4)c(-c4ccccc4)c4nc2C=C4)C=C3)cc1. The zero-order valence-corrected chi connectivity index (χ0v) is 33.1. The number of aromatic nitrogens is 4. The summed E-state index contributed by atoms with van der Waals surface area (Å²) in [6.45, 7) is -0.461. The first-order chi connectivity index (χ1) is 30.3. The van der Waals surface area contributed by atoms with Crippen molar-refractivity contribution in [3.8, 4) is 44.5 Å². The minimum Gasteiger partial charge on any atom is -0.459 e. The van der Waals surface area contributed by atoms with Gasteiger partial charge in [-0.15, -0.1) is 0 Å². The molecule has 0 unspecified atom stereocenters. The van der Waals surface area contributed by atoms with Gasteiger partial charge in [-0.25, -0.2) is 14.8 Å². The molecule has 306 valence electrons. The standard InChI is InChI=1S/C51H40N4O7/c56-47-42(62-51(60)49(58)48(47)57)28-61-50(59)33-18-16-32(17-19-33)46-40-26-24-38(54-40)44(30-12-6-2-7-13-30)36-22-20-34(52-36)43(29-10-4-1-5-11-29)35-21-23-37(53-35)45(31-14-8-3-9-15-31)39-25-27-41(46)55-39/h1-27,42,47-49,51-53,56-58,60H,28H2/t42-,47-,48+,49-,51+/m1/s1. The molecule has 3 aliphatic heterocycles. The molecule has 6 heterocycles. The number of H-pyrrole nitrogens is 2. The van der Waals surface area contributed by atoms with Crippen molar-refractivity contribution in [1.29, 1.82) is 0 Å². The summed E-state index contributed by atoms with van der Waals surface area (Å²) in [5.74, 6) is -0.708. The van der Waals surface area contributed by atoms with Crippen molar-refractivity contribution in [2.24, 2.45) is 0 Å². The first-order valence-electron chi connectivity index (χ1n) is 20.3. The van der Waals surface area contributed by atoms with Crippen LogP contribution in [0.5, 0.6) is 0 Å². The Labute approximate surface area is 355 Å². The van der Waals surface area contributed by atoms with Gasteiger partial charge in [-0.3, -0.25) is 0 Å². The summed E-state index contributed by atoms with van der Waals surface area (Å²) in [6.07, 6.45) is 0.0798. The van der Waals surface area contributed by atoms with Crippen LogP contribution < -0.4 is 0 Å². The van der Waals surface area contributed by atoms with Gasteiger partial charge in [0.25, 0.3) is 0 Å². The van der Waals surface area contributed by atoms with Crippen molar-refractivity contribution in [3.05, 3.63) is 168 Å². The van der Waals surface area contributed by atoms with E-state index >= 15 is 0 Å². The third-order valence-electron chi connectivity index (χ3n) is 11.4. The molecule has 7 aromatic rings. The topological polar surface area (TPSA) is 174 Å². The summed E-state index contributed by atoms with van der Waals surface area (Å²) < 4.78 is 10.6. The summed E-state index contributed by atoms with van der Waals surface area (Å²) in [6, 6.07) is 46.0. The van der Waals surface area contributed by atoms with Crippen molar-refractivity contribution in [2.45, 2.75) is 30.7 Å². The number of aromatic amines is 2. The van der Waals surface area contributed by atoms with Gasteiger partial charge in [0.2, 0.25) is 0 Å². The van der Waals surface area contributed by atoms with E-state index in [1.807, 2.05) is 91.0 Å². The number of ether oxygens (including phenoxy) is 2. The number of esters is 1. The number of benzene rings is 4. The highest BCUT2D eigenvalue weighted by Gasteiger charge is 2.43. The van der Waals surface area contributed by atoms with E-state index in [2.05, 4.69) is 70.6 Å². The first kappa shape index (κ1) is 38.9. The number of fused-ring (bicyclic) bond motifs is 8. The van der Waals surface area contributed by atoms with Crippen LogP contribution in [-0.2, 0) is 9.47 Å². The van der Waals surface area contributed by atoms with Gasteiger partial charge in [0.15, 0.2) is 6.29 Å². The van der Waals surface area contributed by atoms with Crippen LogP contribution >= 0.6 is 0 Å². The molecule has 11 nitrogen and oxygen atoms in total.